The summed E-state index contributed by atoms with van der Waals surface area (Å²) in [5.74, 6) is -3.05. The van der Waals surface area contributed by atoms with Gasteiger partial charge in [0.1, 0.15) is 5.56 Å². The third-order valence-corrected chi connectivity index (χ3v) is 2.63. The molecule has 0 atom stereocenters. The number of aromatic carboxylic acids is 1. The zero-order chi connectivity index (χ0) is 15.6. The lowest BCUT2D eigenvalue weighted by Crippen LogP contribution is -2.13. The SMILES string of the molecule is O=C(Nc1cccc(C(=O)O)c1O)c1ccc([N+](=O)[O-])[nH]1. The Kier molecular flexibility index (Phi) is 3.57. The molecule has 0 aliphatic carbocycles. The number of aromatic nitrogens is 1. The maximum atomic E-state index is 11.9. The predicted molar refractivity (Wildman–Crippen MR) is 70.5 cm³/mol. The smallest absolute Gasteiger partial charge is 0.339 e. The minimum Gasteiger partial charge on any atom is -0.505 e. The van der Waals surface area contributed by atoms with Crippen LogP contribution in [0.15, 0.2) is 30.3 Å². The number of carboxylic acids is 1. The number of carbonyl (C=O) groups is 2. The second kappa shape index (κ2) is 5.33. The molecule has 1 aromatic carbocycles. The first-order valence-corrected chi connectivity index (χ1v) is 5.60. The molecule has 0 radical (unpaired) electrons. The summed E-state index contributed by atoms with van der Waals surface area (Å²) in [6.45, 7) is 0. The second-order valence-corrected chi connectivity index (χ2v) is 3.98. The van der Waals surface area contributed by atoms with Crippen LogP contribution in [0.25, 0.3) is 0 Å². The summed E-state index contributed by atoms with van der Waals surface area (Å²) in [5, 5.41) is 31.4. The van der Waals surface area contributed by atoms with E-state index >= 15 is 0 Å². The Morgan fingerprint density at radius 1 is 1.24 bits per heavy atom. The van der Waals surface area contributed by atoms with Crippen molar-refractivity contribution >= 4 is 23.4 Å². The lowest BCUT2D eigenvalue weighted by molar-refractivity contribution is -0.389. The van der Waals surface area contributed by atoms with E-state index in [-0.39, 0.29) is 22.8 Å². The Morgan fingerprint density at radius 3 is 2.52 bits per heavy atom. The first kappa shape index (κ1) is 14.1. The molecule has 0 spiro atoms. The number of amides is 1. The maximum Gasteiger partial charge on any atom is 0.339 e. The Labute approximate surface area is 117 Å². The summed E-state index contributed by atoms with van der Waals surface area (Å²) < 4.78 is 0. The highest BCUT2D eigenvalue weighted by molar-refractivity contribution is 6.05. The summed E-state index contributed by atoms with van der Waals surface area (Å²) in [4.78, 5) is 34.8. The van der Waals surface area contributed by atoms with E-state index in [0.29, 0.717) is 0 Å². The predicted octanol–water partition coefficient (Wildman–Crippen LogP) is 1.58. The first-order valence-electron chi connectivity index (χ1n) is 5.60. The van der Waals surface area contributed by atoms with Crippen molar-refractivity contribution in [3.63, 3.8) is 0 Å². The number of carbonyl (C=O) groups excluding carboxylic acids is 1. The van der Waals surface area contributed by atoms with E-state index in [1.165, 1.54) is 24.3 Å². The van der Waals surface area contributed by atoms with Crippen LogP contribution in [0.4, 0.5) is 11.5 Å². The summed E-state index contributed by atoms with van der Waals surface area (Å²) in [6, 6.07) is 6.13. The highest BCUT2D eigenvalue weighted by Crippen LogP contribution is 2.27. The van der Waals surface area contributed by atoms with Crippen LogP contribution in [0.5, 0.6) is 5.75 Å². The molecule has 108 valence electrons. The van der Waals surface area contributed by atoms with E-state index in [1.54, 1.807) is 0 Å². The number of rotatable bonds is 4. The average molecular weight is 291 g/mol. The van der Waals surface area contributed by atoms with Crippen molar-refractivity contribution in [2.45, 2.75) is 0 Å². The molecule has 2 aromatic rings. The second-order valence-electron chi connectivity index (χ2n) is 3.98. The summed E-state index contributed by atoms with van der Waals surface area (Å²) in [5.41, 5.74) is -0.579. The van der Waals surface area contributed by atoms with Gasteiger partial charge in [-0.15, -0.1) is 0 Å². The molecule has 1 amide bonds. The highest BCUT2D eigenvalue weighted by atomic mass is 16.6. The number of hydrogen-bond acceptors (Lipinski definition) is 5. The fourth-order valence-electron chi connectivity index (χ4n) is 1.63. The van der Waals surface area contributed by atoms with Gasteiger partial charge in [-0.3, -0.25) is 4.79 Å². The minimum atomic E-state index is -1.35. The van der Waals surface area contributed by atoms with E-state index in [9.17, 15) is 24.8 Å². The fourth-order valence-corrected chi connectivity index (χ4v) is 1.63. The van der Waals surface area contributed by atoms with E-state index in [4.69, 9.17) is 5.11 Å². The molecule has 2 rings (SSSR count). The zero-order valence-corrected chi connectivity index (χ0v) is 10.4. The number of phenols is 1. The molecule has 9 heteroatoms. The number of nitro groups is 1. The number of H-pyrrole nitrogens is 1. The molecule has 0 bridgehead atoms. The molecular formula is C12H9N3O6. The number of nitrogens with zero attached hydrogens (tertiary/aromatic N) is 1. The van der Waals surface area contributed by atoms with Gasteiger partial charge < -0.3 is 25.6 Å². The third kappa shape index (κ3) is 2.81. The van der Waals surface area contributed by atoms with Crippen molar-refractivity contribution < 1.29 is 24.7 Å². The molecule has 4 N–H and O–H groups in total. The lowest BCUT2D eigenvalue weighted by Gasteiger charge is -2.07. The van der Waals surface area contributed by atoms with Gasteiger partial charge in [0.15, 0.2) is 11.4 Å². The average Bonchev–Trinajstić information content (AvgIpc) is 2.90. The Morgan fingerprint density at radius 2 is 1.95 bits per heavy atom. The van der Waals surface area contributed by atoms with Gasteiger partial charge in [0.25, 0.3) is 5.91 Å². The highest BCUT2D eigenvalue weighted by Gasteiger charge is 2.19. The maximum absolute atomic E-state index is 11.9. The molecule has 0 unspecified atom stereocenters. The molecule has 1 aromatic heterocycles. The topological polar surface area (TPSA) is 146 Å². The van der Waals surface area contributed by atoms with Crippen LogP contribution >= 0.6 is 0 Å². The molecule has 21 heavy (non-hydrogen) atoms. The molecule has 9 nitrogen and oxygen atoms in total. The number of carboxylic acid groups (broad SMARTS) is 1. The van der Waals surface area contributed by atoms with Gasteiger partial charge in [-0.05, 0) is 23.1 Å². The molecule has 0 aliphatic heterocycles. The number of nitrogens with one attached hydrogen (secondary N) is 2. The van der Waals surface area contributed by atoms with E-state index in [2.05, 4.69) is 10.3 Å². The standard InChI is InChI=1S/C12H9N3O6/c16-10-6(12(18)19)2-1-3-7(10)14-11(17)8-4-5-9(13-8)15(20)21/h1-5,13,16H,(H,14,17)(H,18,19). The van der Waals surface area contributed by atoms with Crippen molar-refractivity contribution in [2.24, 2.45) is 0 Å². The van der Waals surface area contributed by atoms with Gasteiger partial charge in [-0.1, -0.05) is 6.07 Å². The molecule has 0 saturated heterocycles. The number of anilines is 1. The number of aromatic hydroxyl groups is 1. The van der Waals surface area contributed by atoms with Gasteiger partial charge in [0.05, 0.1) is 5.69 Å². The lowest BCUT2D eigenvalue weighted by atomic mass is 10.1. The van der Waals surface area contributed by atoms with Crippen LogP contribution in [0.3, 0.4) is 0 Å². The molecule has 0 fully saturated rings. The van der Waals surface area contributed by atoms with Crippen molar-refractivity contribution in [1.29, 1.82) is 0 Å². The quantitative estimate of drug-likeness (QED) is 0.382. The molecule has 0 aliphatic rings. The summed E-state index contributed by atoms with van der Waals surface area (Å²) >= 11 is 0. The minimum absolute atomic E-state index is 0.0955. The van der Waals surface area contributed by atoms with Gasteiger partial charge in [-0.25, -0.2) is 9.78 Å². The van der Waals surface area contributed by atoms with Gasteiger partial charge in [0.2, 0.25) is 0 Å². The Bertz CT molecular complexity index is 736. The van der Waals surface area contributed by atoms with Crippen molar-refractivity contribution in [2.75, 3.05) is 5.32 Å². The van der Waals surface area contributed by atoms with Crippen LogP contribution in [0.2, 0.25) is 0 Å². The van der Waals surface area contributed by atoms with Crippen LogP contribution in [-0.2, 0) is 0 Å². The van der Waals surface area contributed by atoms with Crippen LogP contribution < -0.4 is 5.32 Å². The normalized spacial score (nSPS) is 10.1. The molecule has 0 saturated carbocycles. The van der Waals surface area contributed by atoms with E-state index < -0.39 is 22.5 Å². The number of benzene rings is 1. The zero-order valence-electron chi connectivity index (χ0n) is 10.4. The van der Waals surface area contributed by atoms with Gasteiger partial charge in [0, 0.05) is 6.07 Å². The Balaban J connectivity index is 2.25. The number of hydrogen-bond donors (Lipinski definition) is 4. The van der Waals surface area contributed by atoms with Crippen molar-refractivity contribution in [1.82, 2.24) is 4.98 Å². The molecular weight excluding hydrogens is 282 g/mol. The monoisotopic (exact) mass is 291 g/mol. The van der Waals surface area contributed by atoms with Crippen LogP contribution in [-0.4, -0.2) is 32.0 Å². The van der Waals surface area contributed by atoms with Crippen molar-refractivity contribution in [3.8, 4) is 5.75 Å². The Hall–Kier alpha value is -3.36. The van der Waals surface area contributed by atoms with E-state index in [1.807, 2.05) is 0 Å². The van der Waals surface area contributed by atoms with Crippen LogP contribution in [0, 0.1) is 10.1 Å². The van der Waals surface area contributed by atoms with Crippen LogP contribution in [0.1, 0.15) is 20.8 Å². The van der Waals surface area contributed by atoms with E-state index in [0.717, 1.165) is 6.07 Å². The van der Waals surface area contributed by atoms with Gasteiger partial charge in [-0.2, -0.15) is 0 Å². The van der Waals surface area contributed by atoms with Crippen molar-refractivity contribution in [3.05, 3.63) is 51.7 Å². The fraction of sp³-hybridized carbons (Fsp3) is 0. The number of aromatic amines is 1. The molecule has 1 heterocycles. The first-order chi connectivity index (χ1) is 9.90. The number of para-hydroxylation sites is 1. The largest absolute Gasteiger partial charge is 0.505 e. The summed E-state index contributed by atoms with van der Waals surface area (Å²) in [7, 11) is 0. The summed E-state index contributed by atoms with van der Waals surface area (Å²) in [6.07, 6.45) is 0. The van der Waals surface area contributed by atoms with Gasteiger partial charge >= 0.3 is 11.8 Å². The third-order valence-electron chi connectivity index (χ3n) is 2.63.